The number of halogens is 2. The molecule has 0 spiro atoms. The van der Waals surface area contributed by atoms with Crippen LogP contribution in [-0.4, -0.2) is 6.04 Å². The van der Waals surface area contributed by atoms with Gasteiger partial charge in [-0.05, 0) is 47.1 Å². The Morgan fingerprint density at radius 2 is 2.00 bits per heavy atom. The van der Waals surface area contributed by atoms with E-state index in [1.54, 1.807) is 0 Å². The summed E-state index contributed by atoms with van der Waals surface area (Å²) in [6.07, 6.45) is 0. The Hall–Kier alpha value is -0.360. The standard InChI is InChI=1S/C16H19Br2NOS/c1-10(2)19-8-14-6-12(11(3)21-14)9-20-16-5-4-13(17)7-15(16)18/h4-7,10,19H,8-9H2,1-3H3. The third kappa shape index (κ3) is 5.09. The summed E-state index contributed by atoms with van der Waals surface area (Å²) in [6, 6.07) is 8.69. The third-order valence-corrected chi connectivity index (χ3v) is 5.24. The maximum Gasteiger partial charge on any atom is 0.134 e. The molecule has 0 atom stereocenters. The van der Waals surface area contributed by atoms with Crippen molar-refractivity contribution < 1.29 is 4.74 Å². The highest BCUT2D eigenvalue weighted by Gasteiger charge is 2.08. The number of nitrogens with one attached hydrogen (secondary N) is 1. The maximum absolute atomic E-state index is 5.92. The molecule has 0 aliphatic heterocycles. The molecule has 2 rings (SSSR count). The zero-order valence-electron chi connectivity index (χ0n) is 12.4. The molecule has 21 heavy (non-hydrogen) atoms. The molecule has 0 aliphatic rings. The van der Waals surface area contributed by atoms with E-state index in [1.807, 2.05) is 29.5 Å². The van der Waals surface area contributed by atoms with E-state index in [0.717, 1.165) is 21.2 Å². The van der Waals surface area contributed by atoms with E-state index in [-0.39, 0.29) is 0 Å². The van der Waals surface area contributed by atoms with E-state index < -0.39 is 0 Å². The van der Waals surface area contributed by atoms with Gasteiger partial charge >= 0.3 is 0 Å². The van der Waals surface area contributed by atoms with E-state index in [2.05, 4.69) is 64.0 Å². The minimum Gasteiger partial charge on any atom is -0.488 e. The van der Waals surface area contributed by atoms with Gasteiger partial charge in [0, 0.05) is 32.4 Å². The van der Waals surface area contributed by atoms with E-state index in [1.165, 1.54) is 15.3 Å². The molecule has 0 unspecified atom stereocenters. The van der Waals surface area contributed by atoms with Crippen LogP contribution in [0.25, 0.3) is 0 Å². The molecule has 2 aromatic rings. The van der Waals surface area contributed by atoms with Gasteiger partial charge in [-0.15, -0.1) is 11.3 Å². The number of hydrogen-bond donors (Lipinski definition) is 1. The van der Waals surface area contributed by atoms with E-state index in [4.69, 9.17) is 4.74 Å². The van der Waals surface area contributed by atoms with Crippen LogP contribution in [0.3, 0.4) is 0 Å². The Bertz CT molecular complexity index is 610. The maximum atomic E-state index is 5.92. The van der Waals surface area contributed by atoms with Gasteiger partial charge < -0.3 is 10.1 Å². The highest BCUT2D eigenvalue weighted by atomic mass is 79.9. The van der Waals surface area contributed by atoms with Crippen molar-refractivity contribution >= 4 is 43.2 Å². The molecule has 0 fully saturated rings. The molecule has 1 aromatic heterocycles. The number of benzene rings is 1. The topological polar surface area (TPSA) is 21.3 Å². The third-order valence-electron chi connectivity index (χ3n) is 3.03. The van der Waals surface area contributed by atoms with Crippen LogP contribution in [0.2, 0.25) is 0 Å². The second-order valence-electron chi connectivity index (χ2n) is 5.19. The molecule has 5 heteroatoms. The fourth-order valence-corrected chi connectivity index (χ4v) is 4.03. The van der Waals surface area contributed by atoms with Crippen LogP contribution in [0.5, 0.6) is 5.75 Å². The Morgan fingerprint density at radius 3 is 2.67 bits per heavy atom. The Morgan fingerprint density at radius 1 is 1.24 bits per heavy atom. The molecular formula is C16H19Br2NOS. The summed E-state index contributed by atoms with van der Waals surface area (Å²) in [5.74, 6) is 0.866. The van der Waals surface area contributed by atoms with Crippen LogP contribution in [0.4, 0.5) is 0 Å². The number of aryl methyl sites for hydroxylation is 1. The summed E-state index contributed by atoms with van der Waals surface area (Å²) in [4.78, 5) is 2.68. The van der Waals surface area contributed by atoms with Gasteiger partial charge in [0.1, 0.15) is 12.4 Å². The molecule has 0 amide bonds. The van der Waals surface area contributed by atoms with E-state index in [9.17, 15) is 0 Å². The molecule has 0 radical (unpaired) electrons. The van der Waals surface area contributed by atoms with Crippen LogP contribution >= 0.6 is 43.2 Å². The minimum absolute atomic E-state index is 0.505. The van der Waals surface area contributed by atoms with Gasteiger partial charge in [-0.2, -0.15) is 0 Å². The van der Waals surface area contributed by atoms with Crippen molar-refractivity contribution in [2.75, 3.05) is 0 Å². The summed E-state index contributed by atoms with van der Waals surface area (Å²) in [6.45, 7) is 8.00. The Labute approximate surface area is 147 Å². The zero-order valence-corrected chi connectivity index (χ0v) is 16.4. The lowest BCUT2D eigenvalue weighted by Gasteiger charge is -2.08. The lowest BCUT2D eigenvalue weighted by atomic mass is 10.2. The molecule has 1 N–H and O–H groups in total. The van der Waals surface area contributed by atoms with Gasteiger partial charge in [-0.1, -0.05) is 29.8 Å². The number of hydrogen-bond acceptors (Lipinski definition) is 3. The first kappa shape index (κ1) is 17.0. The van der Waals surface area contributed by atoms with Gasteiger partial charge in [0.25, 0.3) is 0 Å². The van der Waals surface area contributed by atoms with Crippen molar-refractivity contribution in [3.05, 3.63) is 48.5 Å². The molecule has 0 aliphatic carbocycles. The smallest absolute Gasteiger partial charge is 0.134 e. The molecule has 0 bridgehead atoms. The Kier molecular flexibility index (Phi) is 6.29. The van der Waals surface area contributed by atoms with Gasteiger partial charge in [0.05, 0.1) is 4.47 Å². The molecular weight excluding hydrogens is 414 g/mol. The van der Waals surface area contributed by atoms with Crippen molar-refractivity contribution in [3.8, 4) is 5.75 Å². The van der Waals surface area contributed by atoms with Crippen molar-refractivity contribution in [1.29, 1.82) is 0 Å². The average molecular weight is 433 g/mol. The second kappa shape index (κ2) is 7.77. The van der Waals surface area contributed by atoms with Gasteiger partial charge in [0.15, 0.2) is 0 Å². The lowest BCUT2D eigenvalue weighted by molar-refractivity contribution is 0.304. The minimum atomic E-state index is 0.505. The van der Waals surface area contributed by atoms with Crippen molar-refractivity contribution in [1.82, 2.24) is 5.32 Å². The fourth-order valence-electron chi connectivity index (χ4n) is 1.87. The highest BCUT2D eigenvalue weighted by Crippen LogP contribution is 2.30. The largest absolute Gasteiger partial charge is 0.488 e. The average Bonchev–Trinajstić information content (AvgIpc) is 2.76. The van der Waals surface area contributed by atoms with Crippen molar-refractivity contribution in [2.45, 2.75) is 40.0 Å². The molecule has 0 saturated heterocycles. The molecule has 1 aromatic carbocycles. The van der Waals surface area contributed by atoms with Gasteiger partial charge in [-0.25, -0.2) is 0 Å². The Balaban J connectivity index is 1.99. The molecule has 0 saturated carbocycles. The van der Waals surface area contributed by atoms with E-state index in [0.29, 0.717) is 12.6 Å². The van der Waals surface area contributed by atoms with E-state index >= 15 is 0 Å². The highest BCUT2D eigenvalue weighted by molar-refractivity contribution is 9.11. The molecule has 1 heterocycles. The summed E-state index contributed by atoms with van der Waals surface area (Å²) >= 11 is 8.80. The van der Waals surface area contributed by atoms with Crippen molar-refractivity contribution in [2.24, 2.45) is 0 Å². The summed E-state index contributed by atoms with van der Waals surface area (Å²) in [7, 11) is 0. The van der Waals surface area contributed by atoms with Crippen LogP contribution in [0, 0.1) is 6.92 Å². The first-order valence-electron chi connectivity index (χ1n) is 6.85. The number of rotatable bonds is 6. The number of thiophene rings is 1. The van der Waals surface area contributed by atoms with Crippen LogP contribution in [-0.2, 0) is 13.2 Å². The quantitative estimate of drug-likeness (QED) is 0.635. The molecule has 114 valence electrons. The normalized spacial score (nSPS) is 11.1. The van der Waals surface area contributed by atoms with Crippen LogP contribution < -0.4 is 10.1 Å². The fraction of sp³-hybridized carbons (Fsp3) is 0.375. The SMILES string of the molecule is Cc1sc(CNC(C)C)cc1COc1ccc(Br)cc1Br. The zero-order chi connectivity index (χ0) is 15.4. The van der Waals surface area contributed by atoms with Crippen molar-refractivity contribution in [3.63, 3.8) is 0 Å². The summed E-state index contributed by atoms with van der Waals surface area (Å²) < 4.78 is 7.92. The summed E-state index contributed by atoms with van der Waals surface area (Å²) in [5.41, 5.74) is 1.26. The van der Waals surface area contributed by atoms with Crippen LogP contribution in [0.1, 0.15) is 29.2 Å². The summed E-state index contributed by atoms with van der Waals surface area (Å²) in [5, 5.41) is 3.45. The van der Waals surface area contributed by atoms with Gasteiger partial charge in [-0.3, -0.25) is 0 Å². The predicted molar refractivity (Wildman–Crippen MR) is 97.2 cm³/mol. The van der Waals surface area contributed by atoms with Crippen LogP contribution in [0.15, 0.2) is 33.2 Å². The monoisotopic (exact) mass is 431 g/mol. The van der Waals surface area contributed by atoms with Gasteiger partial charge in [0.2, 0.25) is 0 Å². The first-order chi connectivity index (χ1) is 9.95. The lowest BCUT2D eigenvalue weighted by Crippen LogP contribution is -2.21. The first-order valence-corrected chi connectivity index (χ1v) is 9.25. The predicted octanol–water partition coefficient (Wildman–Crippen LogP) is 5.66. The molecule has 2 nitrogen and oxygen atoms in total. The number of ether oxygens (including phenoxy) is 1. The second-order valence-corrected chi connectivity index (χ2v) is 8.30.